The van der Waals surface area contributed by atoms with E-state index in [2.05, 4.69) is 26.1 Å². The third-order valence-electron chi connectivity index (χ3n) is 4.65. The molecule has 1 aromatic rings. The van der Waals surface area contributed by atoms with Gasteiger partial charge in [-0.2, -0.15) is 5.26 Å². The van der Waals surface area contributed by atoms with Crippen LogP contribution in [0.2, 0.25) is 0 Å². The molecule has 1 aromatic carbocycles. The zero-order chi connectivity index (χ0) is 15.5. The van der Waals surface area contributed by atoms with Gasteiger partial charge in [0.25, 0.3) is 0 Å². The Morgan fingerprint density at radius 1 is 1.19 bits per heavy atom. The Balaban J connectivity index is 2.00. The molecule has 114 valence electrons. The second kappa shape index (κ2) is 6.47. The Kier molecular flexibility index (Phi) is 4.88. The van der Waals surface area contributed by atoms with Gasteiger partial charge in [-0.1, -0.05) is 27.2 Å². The molecule has 0 radical (unpaired) electrons. The minimum atomic E-state index is -0.447. The molecule has 0 aliphatic heterocycles. The van der Waals surface area contributed by atoms with Crippen molar-refractivity contribution in [3.05, 3.63) is 29.6 Å². The summed E-state index contributed by atoms with van der Waals surface area (Å²) in [6.07, 6.45) is 6.03. The highest BCUT2D eigenvalue weighted by molar-refractivity contribution is 5.50. The van der Waals surface area contributed by atoms with E-state index in [4.69, 9.17) is 5.26 Å². The smallest absolute Gasteiger partial charge is 0.141 e. The fourth-order valence-electron chi connectivity index (χ4n) is 3.25. The maximum atomic E-state index is 13.3. The second-order valence-corrected chi connectivity index (χ2v) is 7.22. The van der Waals surface area contributed by atoms with Crippen molar-refractivity contribution >= 4 is 5.69 Å². The van der Waals surface area contributed by atoms with Crippen molar-refractivity contribution in [1.29, 1.82) is 5.26 Å². The summed E-state index contributed by atoms with van der Waals surface area (Å²) < 4.78 is 13.3. The molecule has 1 fully saturated rings. The van der Waals surface area contributed by atoms with Crippen LogP contribution in [0, 0.1) is 28.5 Å². The Morgan fingerprint density at radius 2 is 1.95 bits per heavy atom. The van der Waals surface area contributed by atoms with Gasteiger partial charge >= 0.3 is 0 Å². The molecule has 0 aromatic heterocycles. The summed E-state index contributed by atoms with van der Waals surface area (Å²) in [5.74, 6) is 0.323. The van der Waals surface area contributed by atoms with Gasteiger partial charge in [-0.05, 0) is 55.2 Å². The fraction of sp³-hybridized carbons (Fsp3) is 0.611. The molecule has 1 saturated carbocycles. The van der Waals surface area contributed by atoms with Crippen LogP contribution in [0.5, 0.6) is 0 Å². The largest absolute Gasteiger partial charge is 0.382 e. The number of nitrogens with one attached hydrogen (secondary N) is 1. The summed E-state index contributed by atoms with van der Waals surface area (Å²) in [6.45, 7) is 6.97. The fourth-order valence-corrected chi connectivity index (χ4v) is 3.25. The minimum absolute atomic E-state index is 0.112. The third-order valence-corrected chi connectivity index (χ3v) is 4.65. The highest BCUT2D eigenvalue weighted by atomic mass is 19.1. The lowest BCUT2D eigenvalue weighted by atomic mass is 9.76. The van der Waals surface area contributed by atoms with Crippen LogP contribution in [-0.2, 0) is 0 Å². The molecule has 0 spiro atoms. The highest BCUT2D eigenvalue weighted by Gasteiger charge is 2.27. The van der Waals surface area contributed by atoms with E-state index >= 15 is 0 Å². The van der Waals surface area contributed by atoms with Crippen molar-refractivity contribution in [2.24, 2.45) is 11.3 Å². The lowest BCUT2D eigenvalue weighted by Gasteiger charge is -2.29. The summed E-state index contributed by atoms with van der Waals surface area (Å²) in [6, 6.07) is 7.03. The van der Waals surface area contributed by atoms with Crippen molar-refractivity contribution in [3.8, 4) is 6.07 Å². The summed E-state index contributed by atoms with van der Waals surface area (Å²) in [5, 5.41) is 12.4. The number of benzene rings is 1. The first kappa shape index (κ1) is 15.8. The number of anilines is 1. The van der Waals surface area contributed by atoms with Crippen LogP contribution in [0.25, 0.3) is 0 Å². The van der Waals surface area contributed by atoms with Crippen molar-refractivity contribution in [2.75, 3.05) is 5.32 Å². The van der Waals surface area contributed by atoms with Crippen molar-refractivity contribution < 1.29 is 4.39 Å². The van der Waals surface area contributed by atoms with E-state index in [9.17, 15) is 4.39 Å². The number of rotatable bonds is 2. The van der Waals surface area contributed by atoms with Crippen LogP contribution in [-0.4, -0.2) is 6.04 Å². The molecule has 1 aliphatic carbocycles. The maximum Gasteiger partial charge on any atom is 0.141 e. The molecule has 2 nitrogen and oxygen atoms in total. The van der Waals surface area contributed by atoms with Gasteiger partial charge in [0.1, 0.15) is 11.9 Å². The first-order chi connectivity index (χ1) is 9.90. The van der Waals surface area contributed by atoms with Crippen LogP contribution < -0.4 is 5.32 Å². The Bertz CT molecular complexity index is 525. The second-order valence-electron chi connectivity index (χ2n) is 7.22. The molecule has 0 amide bonds. The highest BCUT2D eigenvalue weighted by Crippen LogP contribution is 2.37. The van der Waals surface area contributed by atoms with Crippen LogP contribution in [0.15, 0.2) is 18.2 Å². The summed E-state index contributed by atoms with van der Waals surface area (Å²) in [7, 11) is 0. The maximum absolute atomic E-state index is 13.3. The van der Waals surface area contributed by atoms with Crippen LogP contribution >= 0.6 is 0 Å². The number of hydrogen-bond donors (Lipinski definition) is 1. The van der Waals surface area contributed by atoms with Gasteiger partial charge in [-0.3, -0.25) is 0 Å². The van der Waals surface area contributed by atoms with E-state index in [0.717, 1.165) is 24.4 Å². The van der Waals surface area contributed by atoms with E-state index in [0.29, 0.717) is 11.5 Å². The molecule has 2 atom stereocenters. The first-order valence-corrected chi connectivity index (χ1v) is 7.86. The van der Waals surface area contributed by atoms with Gasteiger partial charge in [-0.15, -0.1) is 0 Å². The molecule has 3 heteroatoms. The molecule has 0 heterocycles. The normalized spacial score (nSPS) is 23.2. The number of halogens is 1. The number of nitrogens with zero attached hydrogens (tertiary/aromatic N) is 1. The minimum Gasteiger partial charge on any atom is -0.382 e. The Morgan fingerprint density at radius 3 is 2.62 bits per heavy atom. The number of nitriles is 1. The zero-order valence-corrected chi connectivity index (χ0v) is 13.2. The average molecular weight is 288 g/mol. The van der Waals surface area contributed by atoms with E-state index < -0.39 is 5.82 Å². The summed E-state index contributed by atoms with van der Waals surface area (Å²) in [5.41, 5.74) is 1.34. The van der Waals surface area contributed by atoms with E-state index in [-0.39, 0.29) is 5.56 Å². The predicted molar refractivity (Wildman–Crippen MR) is 84.6 cm³/mol. The lowest BCUT2D eigenvalue weighted by molar-refractivity contribution is 0.214. The van der Waals surface area contributed by atoms with Crippen molar-refractivity contribution in [1.82, 2.24) is 0 Å². The molecule has 2 unspecified atom stereocenters. The molecule has 1 N–H and O–H groups in total. The number of hydrogen-bond acceptors (Lipinski definition) is 2. The average Bonchev–Trinajstić information content (AvgIpc) is 2.66. The van der Waals surface area contributed by atoms with E-state index in [1.807, 2.05) is 6.07 Å². The predicted octanol–water partition coefficient (Wildman–Crippen LogP) is 5.10. The lowest BCUT2D eigenvalue weighted by Crippen LogP contribution is -2.21. The molecule has 0 bridgehead atoms. The topological polar surface area (TPSA) is 35.8 Å². The standard InChI is InChI=1S/C18H25FN2/c1-18(2,3)14-5-4-6-15(8-7-14)21-16-9-10-17(19)13(11-16)12-20/h9-11,14-15,21H,4-8H2,1-3H3. The van der Waals surface area contributed by atoms with Gasteiger partial charge in [0.2, 0.25) is 0 Å². The van der Waals surface area contributed by atoms with Crippen LogP contribution in [0.4, 0.5) is 10.1 Å². The third kappa shape index (κ3) is 4.20. The van der Waals surface area contributed by atoms with Crippen LogP contribution in [0.1, 0.15) is 58.4 Å². The van der Waals surface area contributed by atoms with E-state index in [1.54, 1.807) is 12.1 Å². The Labute approximate surface area is 127 Å². The molecular weight excluding hydrogens is 263 g/mol. The van der Waals surface area contributed by atoms with Crippen molar-refractivity contribution in [3.63, 3.8) is 0 Å². The molecule has 21 heavy (non-hydrogen) atoms. The molecular formula is C18H25FN2. The van der Waals surface area contributed by atoms with Crippen molar-refractivity contribution in [2.45, 2.75) is 58.9 Å². The monoisotopic (exact) mass is 288 g/mol. The van der Waals surface area contributed by atoms with E-state index in [1.165, 1.54) is 25.3 Å². The van der Waals surface area contributed by atoms with Crippen LogP contribution in [0.3, 0.4) is 0 Å². The zero-order valence-electron chi connectivity index (χ0n) is 13.2. The molecule has 1 aliphatic rings. The van der Waals surface area contributed by atoms with Gasteiger partial charge in [0.15, 0.2) is 0 Å². The Hall–Kier alpha value is -1.56. The van der Waals surface area contributed by atoms with Gasteiger partial charge in [-0.25, -0.2) is 4.39 Å². The molecule has 0 saturated heterocycles. The quantitative estimate of drug-likeness (QED) is 0.768. The summed E-state index contributed by atoms with van der Waals surface area (Å²) in [4.78, 5) is 0. The first-order valence-electron chi connectivity index (χ1n) is 7.86. The molecule has 2 rings (SSSR count). The van der Waals surface area contributed by atoms with Gasteiger partial charge in [0.05, 0.1) is 5.56 Å². The SMILES string of the molecule is CC(C)(C)C1CCCC(Nc2ccc(F)c(C#N)c2)CC1. The summed E-state index contributed by atoms with van der Waals surface area (Å²) >= 11 is 0. The van der Waals surface area contributed by atoms with Gasteiger partial charge in [0, 0.05) is 11.7 Å². The van der Waals surface area contributed by atoms with Gasteiger partial charge < -0.3 is 5.32 Å².